The molecular weight excluding hydrogens is 316 g/mol. The SMILES string of the molecule is C(#Cc1cnc2ccccc2c1)CN(C1CCCCC1)C1CCCCC1. The summed E-state index contributed by atoms with van der Waals surface area (Å²) in [5.41, 5.74) is 2.08. The van der Waals surface area contributed by atoms with Crippen LogP contribution in [0.15, 0.2) is 36.5 Å². The minimum Gasteiger partial charge on any atom is -0.286 e. The zero-order valence-electron chi connectivity index (χ0n) is 15.8. The Balaban J connectivity index is 1.48. The first kappa shape index (κ1) is 17.6. The Kier molecular flexibility index (Phi) is 5.87. The highest BCUT2D eigenvalue weighted by atomic mass is 15.2. The van der Waals surface area contributed by atoms with Gasteiger partial charge in [0, 0.05) is 29.2 Å². The first-order chi connectivity index (χ1) is 12.9. The van der Waals surface area contributed by atoms with Gasteiger partial charge < -0.3 is 0 Å². The van der Waals surface area contributed by atoms with E-state index in [1.807, 2.05) is 12.3 Å². The molecular formula is C24H30N2. The third-order valence-electron chi connectivity index (χ3n) is 6.17. The molecule has 0 spiro atoms. The van der Waals surface area contributed by atoms with Crippen LogP contribution in [0, 0.1) is 11.8 Å². The standard InChI is InChI=1S/C24H30N2/c1-3-12-22(13-4-1)26(23-14-5-2-6-15-23)17-9-10-20-18-21-11-7-8-16-24(21)25-19-20/h7-8,11,16,18-19,22-23H,1-6,12-15,17H2. The Morgan fingerprint density at radius 1 is 0.885 bits per heavy atom. The lowest BCUT2D eigenvalue weighted by Gasteiger charge is -2.40. The van der Waals surface area contributed by atoms with Crippen LogP contribution in [0.4, 0.5) is 0 Å². The quantitative estimate of drug-likeness (QED) is 0.677. The highest BCUT2D eigenvalue weighted by Crippen LogP contribution is 2.29. The van der Waals surface area contributed by atoms with Crippen LogP contribution >= 0.6 is 0 Å². The average molecular weight is 347 g/mol. The van der Waals surface area contributed by atoms with Gasteiger partial charge in [0.25, 0.3) is 0 Å². The molecule has 136 valence electrons. The van der Waals surface area contributed by atoms with Crippen molar-refractivity contribution in [2.75, 3.05) is 6.54 Å². The van der Waals surface area contributed by atoms with Gasteiger partial charge in [0.2, 0.25) is 0 Å². The molecule has 1 heterocycles. The molecule has 0 N–H and O–H groups in total. The van der Waals surface area contributed by atoms with E-state index in [-0.39, 0.29) is 0 Å². The van der Waals surface area contributed by atoms with Crippen LogP contribution < -0.4 is 0 Å². The van der Waals surface area contributed by atoms with Crippen molar-refractivity contribution in [3.05, 3.63) is 42.1 Å². The van der Waals surface area contributed by atoms with Crippen molar-refractivity contribution in [2.45, 2.75) is 76.3 Å². The van der Waals surface area contributed by atoms with Crippen molar-refractivity contribution in [2.24, 2.45) is 0 Å². The molecule has 2 heteroatoms. The van der Waals surface area contributed by atoms with Gasteiger partial charge in [-0.3, -0.25) is 9.88 Å². The molecule has 2 fully saturated rings. The summed E-state index contributed by atoms with van der Waals surface area (Å²) >= 11 is 0. The van der Waals surface area contributed by atoms with Crippen molar-refractivity contribution in [1.82, 2.24) is 9.88 Å². The van der Waals surface area contributed by atoms with Gasteiger partial charge in [-0.05, 0) is 37.8 Å². The summed E-state index contributed by atoms with van der Waals surface area (Å²) in [6.07, 6.45) is 15.8. The van der Waals surface area contributed by atoms with Crippen molar-refractivity contribution in [3.8, 4) is 11.8 Å². The molecule has 0 atom stereocenters. The van der Waals surface area contributed by atoms with E-state index in [2.05, 4.69) is 46.0 Å². The molecule has 2 nitrogen and oxygen atoms in total. The van der Waals surface area contributed by atoms with E-state index in [9.17, 15) is 0 Å². The molecule has 0 bridgehead atoms. The molecule has 4 rings (SSSR count). The maximum Gasteiger partial charge on any atom is 0.0702 e. The second-order valence-corrected chi connectivity index (χ2v) is 7.97. The smallest absolute Gasteiger partial charge is 0.0702 e. The summed E-state index contributed by atoms with van der Waals surface area (Å²) < 4.78 is 0. The maximum atomic E-state index is 4.54. The Morgan fingerprint density at radius 2 is 1.54 bits per heavy atom. The van der Waals surface area contributed by atoms with Crippen LogP contribution in [-0.4, -0.2) is 28.5 Å². The Morgan fingerprint density at radius 3 is 2.23 bits per heavy atom. The van der Waals surface area contributed by atoms with Crippen molar-refractivity contribution in [1.29, 1.82) is 0 Å². The number of nitrogens with zero attached hydrogens (tertiary/aromatic N) is 2. The van der Waals surface area contributed by atoms with E-state index in [0.29, 0.717) is 0 Å². The highest BCUT2D eigenvalue weighted by molar-refractivity contribution is 5.79. The van der Waals surface area contributed by atoms with Gasteiger partial charge in [-0.2, -0.15) is 0 Å². The largest absolute Gasteiger partial charge is 0.286 e. The predicted molar refractivity (Wildman–Crippen MR) is 109 cm³/mol. The number of benzene rings is 1. The summed E-state index contributed by atoms with van der Waals surface area (Å²) in [5.74, 6) is 6.89. The zero-order valence-corrected chi connectivity index (χ0v) is 15.8. The summed E-state index contributed by atoms with van der Waals surface area (Å²) in [5, 5.41) is 1.18. The van der Waals surface area contributed by atoms with Crippen LogP contribution in [0.25, 0.3) is 10.9 Å². The third-order valence-corrected chi connectivity index (χ3v) is 6.17. The van der Waals surface area contributed by atoms with Crippen LogP contribution in [-0.2, 0) is 0 Å². The summed E-state index contributed by atoms with van der Waals surface area (Å²) in [7, 11) is 0. The van der Waals surface area contributed by atoms with Gasteiger partial charge >= 0.3 is 0 Å². The van der Waals surface area contributed by atoms with Crippen molar-refractivity contribution < 1.29 is 0 Å². The number of aromatic nitrogens is 1. The van der Waals surface area contributed by atoms with E-state index >= 15 is 0 Å². The predicted octanol–water partition coefficient (Wildman–Crippen LogP) is 5.55. The third kappa shape index (κ3) is 4.27. The van der Waals surface area contributed by atoms with Crippen LogP contribution in [0.5, 0.6) is 0 Å². The summed E-state index contributed by atoms with van der Waals surface area (Å²) in [6.45, 7) is 0.919. The number of pyridine rings is 1. The topological polar surface area (TPSA) is 16.1 Å². The first-order valence-corrected chi connectivity index (χ1v) is 10.5. The number of hydrogen-bond acceptors (Lipinski definition) is 2. The molecule has 2 aromatic rings. The molecule has 26 heavy (non-hydrogen) atoms. The fraction of sp³-hybridized carbons (Fsp3) is 0.542. The van der Waals surface area contributed by atoms with E-state index in [1.54, 1.807) is 0 Å². The number of para-hydroxylation sites is 1. The molecule has 2 saturated carbocycles. The molecule has 2 aliphatic carbocycles. The van der Waals surface area contributed by atoms with Crippen molar-refractivity contribution in [3.63, 3.8) is 0 Å². The van der Waals surface area contributed by atoms with E-state index in [0.717, 1.165) is 29.7 Å². The lowest BCUT2D eigenvalue weighted by Crippen LogP contribution is -2.45. The fourth-order valence-electron chi connectivity index (χ4n) is 4.75. The minimum absolute atomic E-state index is 0.760. The molecule has 0 aliphatic heterocycles. The number of fused-ring (bicyclic) bond motifs is 1. The molecule has 0 amide bonds. The molecule has 2 aliphatic rings. The number of hydrogen-bond donors (Lipinski definition) is 0. The molecule has 0 unspecified atom stereocenters. The van der Waals surface area contributed by atoms with Gasteiger partial charge in [0.1, 0.15) is 0 Å². The van der Waals surface area contributed by atoms with Crippen LogP contribution in [0.3, 0.4) is 0 Å². The molecule has 1 aromatic heterocycles. The lowest BCUT2D eigenvalue weighted by atomic mass is 9.88. The van der Waals surface area contributed by atoms with Crippen molar-refractivity contribution >= 4 is 10.9 Å². The van der Waals surface area contributed by atoms with Gasteiger partial charge in [0.15, 0.2) is 0 Å². The van der Waals surface area contributed by atoms with Gasteiger partial charge in [-0.25, -0.2) is 0 Å². The normalized spacial score (nSPS) is 19.4. The Bertz CT molecular complexity index is 755. The van der Waals surface area contributed by atoms with Crippen LogP contribution in [0.1, 0.15) is 69.8 Å². The average Bonchev–Trinajstić information content (AvgIpc) is 2.72. The molecule has 0 saturated heterocycles. The summed E-state index contributed by atoms with van der Waals surface area (Å²) in [6, 6.07) is 12.0. The first-order valence-electron chi connectivity index (χ1n) is 10.5. The van der Waals surface area contributed by atoms with E-state index in [4.69, 9.17) is 0 Å². The zero-order chi connectivity index (χ0) is 17.6. The minimum atomic E-state index is 0.760. The van der Waals surface area contributed by atoms with E-state index in [1.165, 1.54) is 69.6 Å². The Labute approximate surface area is 158 Å². The monoisotopic (exact) mass is 346 g/mol. The van der Waals surface area contributed by atoms with Gasteiger partial charge in [-0.1, -0.05) is 68.6 Å². The molecule has 0 radical (unpaired) electrons. The highest BCUT2D eigenvalue weighted by Gasteiger charge is 2.27. The van der Waals surface area contributed by atoms with Crippen LogP contribution in [0.2, 0.25) is 0 Å². The number of rotatable bonds is 3. The fourth-order valence-corrected chi connectivity index (χ4v) is 4.75. The molecule has 1 aromatic carbocycles. The van der Waals surface area contributed by atoms with E-state index < -0.39 is 0 Å². The second kappa shape index (κ2) is 8.69. The summed E-state index contributed by atoms with van der Waals surface area (Å²) in [4.78, 5) is 7.31. The van der Waals surface area contributed by atoms with Gasteiger partial charge in [0.05, 0.1) is 12.1 Å². The lowest BCUT2D eigenvalue weighted by molar-refractivity contribution is 0.0961. The van der Waals surface area contributed by atoms with Gasteiger partial charge in [-0.15, -0.1) is 0 Å². The maximum absolute atomic E-state index is 4.54. The second-order valence-electron chi connectivity index (χ2n) is 7.97. The Hall–Kier alpha value is -1.85.